The molecule has 2 saturated carbocycles. The van der Waals surface area contributed by atoms with Crippen LogP contribution in [0, 0.1) is 17.3 Å². The standard InChI is InChI=1S/C19H28N4O2/c1-3-23-10-7-16(20-23)17(24)21(2)12-14-6-9-22(13-14)18(25)19-8-4-5-15(19)11-19/h7,10,14-15H,3-6,8-9,11-13H2,1-2H3/t14?,15-,19-/m1/s1. The Hall–Kier alpha value is -1.85. The summed E-state index contributed by atoms with van der Waals surface area (Å²) in [6.07, 6.45) is 7.50. The summed E-state index contributed by atoms with van der Waals surface area (Å²) < 4.78 is 1.77. The number of carbonyl (C=O) groups is 2. The lowest BCUT2D eigenvalue weighted by Gasteiger charge is -2.23. The summed E-state index contributed by atoms with van der Waals surface area (Å²) in [7, 11) is 1.84. The van der Waals surface area contributed by atoms with Gasteiger partial charge in [-0.15, -0.1) is 0 Å². The number of rotatable bonds is 5. The second-order valence-corrected chi connectivity index (χ2v) is 8.10. The van der Waals surface area contributed by atoms with Crippen LogP contribution in [0.5, 0.6) is 0 Å². The number of amides is 2. The summed E-state index contributed by atoms with van der Waals surface area (Å²) in [5.41, 5.74) is 0.518. The molecule has 1 aromatic heterocycles. The van der Waals surface area contributed by atoms with Crippen molar-refractivity contribution in [2.45, 2.75) is 45.6 Å². The van der Waals surface area contributed by atoms with Gasteiger partial charge < -0.3 is 9.80 Å². The fraction of sp³-hybridized carbons (Fsp3) is 0.737. The van der Waals surface area contributed by atoms with Gasteiger partial charge in [0.1, 0.15) is 5.69 Å². The normalized spacial score (nSPS) is 30.4. The SMILES string of the molecule is CCn1ccc(C(=O)N(C)CC2CCN(C(=O)[C@@]34CCC[C@@H]3C4)C2)n1. The van der Waals surface area contributed by atoms with E-state index < -0.39 is 0 Å². The van der Waals surface area contributed by atoms with Crippen molar-refractivity contribution in [3.63, 3.8) is 0 Å². The lowest BCUT2D eigenvalue weighted by atomic mass is 10.0. The molecule has 3 fully saturated rings. The van der Waals surface area contributed by atoms with Crippen LogP contribution >= 0.6 is 0 Å². The quantitative estimate of drug-likeness (QED) is 0.821. The smallest absolute Gasteiger partial charge is 0.274 e. The zero-order valence-electron chi connectivity index (χ0n) is 15.3. The van der Waals surface area contributed by atoms with Crippen molar-refractivity contribution < 1.29 is 9.59 Å². The van der Waals surface area contributed by atoms with Gasteiger partial charge in [-0.05, 0) is 50.5 Å². The molecule has 0 spiro atoms. The molecule has 1 aliphatic heterocycles. The highest BCUT2D eigenvalue weighted by molar-refractivity contribution is 5.92. The Morgan fingerprint density at radius 2 is 2.24 bits per heavy atom. The Morgan fingerprint density at radius 3 is 2.88 bits per heavy atom. The number of likely N-dealkylation sites (tertiary alicyclic amines) is 1. The number of nitrogens with zero attached hydrogens (tertiary/aromatic N) is 4. The zero-order chi connectivity index (χ0) is 17.6. The van der Waals surface area contributed by atoms with E-state index >= 15 is 0 Å². The zero-order valence-corrected chi connectivity index (χ0v) is 15.3. The molecule has 6 nitrogen and oxygen atoms in total. The fourth-order valence-corrected chi connectivity index (χ4v) is 4.90. The van der Waals surface area contributed by atoms with Crippen molar-refractivity contribution >= 4 is 11.8 Å². The van der Waals surface area contributed by atoms with E-state index in [2.05, 4.69) is 10.00 Å². The van der Waals surface area contributed by atoms with Crippen molar-refractivity contribution in [2.75, 3.05) is 26.7 Å². The van der Waals surface area contributed by atoms with E-state index in [0.717, 1.165) is 38.9 Å². The monoisotopic (exact) mass is 344 g/mol. The van der Waals surface area contributed by atoms with Gasteiger partial charge in [0.2, 0.25) is 5.91 Å². The van der Waals surface area contributed by atoms with Gasteiger partial charge in [0.05, 0.1) is 5.41 Å². The highest BCUT2D eigenvalue weighted by Crippen LogP contribution is 2.64. The number of hydrogen-bond acceptors (Lipinski definition) is 3. The third-order valence-corrected chi connectivity index (χ3v) is 6.47. The minimum atomic E-state index is -0.0337. The van der Waals surface area contributed by atoms with Crippen LogP contribution < -0.4 is 0 Å². The van der Waals surface area contributed by atoms with Gasteiger partial charge in [0, 0.05) is 39.4 Å². The van der Waals surface area contributed by atoms with Gasteiger partial charge >= 0.3 is 0 Å². The van der Waals surface area contributed by atoms with E-state index in [1.165, 1.54) is 12.8 Å². The topological polar surface area (TPSA) is 58.4 Å². The molecule has 0 N–H and O–H groups in total. The van der Waals surface area contributed by atoms with Crippen LogP contribution in [0.1, 0.15) is 49.5 Å². The number of fused-ring (bicyclic) bond motifs is 1. The molecule has 0 radical (unpaired) electrons. The van der Waals surface area contributed by atoms with Gasteiger partial charge in [0.25, 0.3) is 5.91 Å². The molecule has 3 atom stereocenters. The maximum Gasteiger partial charge on any atom is 0.274 e. The summed E-state index contributed by atoms with van der Waals surface area (Å²) in [6.45, 7) is 5.11. The van der Waals surface area contributed by atoms with E-state index in [-0.39, 0.29) is 11.3 Å². The minimum absolute atomic E-state index is 0.0175. The summed E-state index contributed by atoms with van der Waals surface area (Å²) in [5, 5.41) is 4.30. The molecule has 6 heteroatoms. The number of aryl methyl sites for hydroxylation is 1. The first-order valence-electron chi connectivity index (χ1n) is 9.62. The van der Waals surface area contributed by atoms with Crippen molar-refractivity contribution in [3.05, 3.63) is 18.0 Å². The molecular formula is C19H28N4O2. The van der Waals surface area contributed by atoms with Crippen LogP contribution in [-0.2, 0) is 11.3 Å². The first-order valence-corrected chi connectivity index (χ1v) is 9.62. The van der Waals surface area contributed by atoms with Crippen molar-refractivity contribution in [3.8, 4) is 0 Å². The molecule has 2 aliphatic carbocycles. The van der Waals surface area contributed by atoms with Gasteiger partial charge in [0.15, 0.2) is 0 Å². The van der Waals surface area contributed by atoms with Crippen molar-refractivity contribution in [2.24, 2.45) is 17.3 Å². The maximum absolute atomic E-state index is 12.9. The second kappa shape index (κ2) is 6.15. The van der Waals surface area contributed by atoms with Crippen LogP contribution in [0.4, 0.5) is 0 Å². The predicted octanol–water partition coefficient (Wildman–Crippen LogP) is 2.01. The average molecular weight is 344 g/mol. The highest BCUT2D eigenvalue weighted by Gasteiger charge is 2.63. The van der Waals surface area contributed by atoms with Crippen LogP contribution in [0.3, 0.4) is 0 Å². The number of hydrogen-bond donors (Lipinski definition) is 0. The molecule has 3 aliphatic rings. The molecule has 136 valence electrons. The van der Waals surface area contributed by atoms with Gasteiger partial charge in [-0.3, -0.25) is 14.3 Å². The first-order chi connectivity index (χ1) is 12.0. The second-order valence-electron chi connectivity index (χ2n) is 8.10. The summed E-state index contributed by atoms with van der Waals surface area (Å²) in [6, 6.07) is 1.78. The minimum Gasteiger partial charge on any atom is -0.342 e. The van der Waals surface area contributed by atoms with E-state index in [1.807, 2.05) is 20.2 Å². The van der Waals surface area contributed by atoms with Gasteiger partial charge in [-0.2, -0.15) is 5.10 Å². The van der Waals surface area contributed by atoms with Gasteiger partial charge in [-0.1, -0.05) is 6.42 Å². The Morgan fingerprint density at radius 1 is 1.40 bits per heavy atom. The van der Waals surface area contributed by atoms with Gasteiger partial charge in [-0.25, -0.2) is 0 Å². The Kier molecular flexibility index (Phi) is 4.08. The lowest BCUT2D eigenvalue weighted by molar-refractivity contribution is -0.136. The van der Waals surface area contributed by atoms with Crippen LogP contribution in [0.15, 0.2) is 12.3 Å². The van der Waals surface area contributed by atoms with Crippen LogP contribution in [-0.4, -0.2) is 58.1 Å². The predicted molar refractivity (Wildman–Crippen MR) is 93.9 cm³/mol. The van der Waals surface area contributed by atoms with Crippen LogP contribution in [0.2, 0.25) is 0 Å². The van der Waals surface area contributed by atoms with E-state index in [4.69, 9.17) is 0 Å². The molecule has 0 bridgehead atoms. The van der Waals surface area contributed by atoms with Crippen LogP contribution in [0.25, 0.3) is 0 Å². The molecule has 2 amide bonds. The maximum atomic E-state index is 12.9. The Bertz CT molecular complexity index is 685. The summed E-state index contributed by atoms with van der Waals surface area (Å²) in [5.74, 6) is 1.40. The summed E-state index contributed by atoms with van der Waals surface area (Å²) >= 11 is 0. The van der Waals surface area contributed by atoms with Crippen molar-refractivity contribution in [1.29, 1.82) is 0 Å². The lowest BCUT2D eigenvalue weighted by Crippen LogP contribution is -2.37. The van der Waals surface area contributed by atoms with Crippen molar-refractivity contribution in [1.82, 2.24) is 19.6 Å². The third kappa shape index (κ3) is 2.85. The molecule has 25 heavy (non-hydrogen) atoms. The van der Waals surface area contributed by atoms with E-state index in [1.54, 1.807) is 15.6 Å². The number of carbonyl (C=O) groups excluding carboxylic acids is 2. The molecule has 0 aromatic carbocycles. The molecule has 4 rings (SSSR count). The number of aromatic nitrogens is 2. The first kappa shape index (κ1) is 16.6. The van der Waals surface area contributed by atoms with E-state index in [9.17, 15) is 9.59 Å². The Balaban J connectivity index is 1.31. The highest BCUT2D eigenvalue weighted by atomic mass is 16.2. The molecule has 2 heterocycles. The molecule has 1 aromatic rings. The largest absolute Gasteiger partial charge is 0.342 e. The van der Waals surface area contributed by atoms with E-state index in [0.29, 0.717) is 30.0 Å². The third-order valence-electron chi connectivity index (χ3n) is 6.47. The molecule has 1 unspecified atom stereocenters. The molecule has 1 saturated heterocycles. The fourth-order valence-electron chi connectivity index (χ4n) is 4.90. The average Bonchev–Trinajstić information content (AvgIpc) is 3.08. The molecular weight excluding hydrogens is 316 g/mol. The Labute approximate surface area is 149 Å². The summed E-state index contributed by atoms with van der Waals surface area (Å²) in [4.78, 5) is 29.2.